The molecule has 17 heavy (non-hydrogen) atoms. The van der Waals surface area contributed by atoms with Crippen LogP contribution in [-0.4, -0.2) is 12.5 Å². The number of carbonyl (C=O) groups excluding carboxylic acids is 1. The monoisotopic (exact) mass is 229 g/mol. The van der Waals surface area contributed by atoms with E-state index in [1.54, 1.807) is 17.0 Å². The fourth-order valence-corrected chi connectivity index (χ4v) is 1.73. The molecule has 0 saturated carbocycles. The molecule has 3 nitrogen and oxygen atoms in total. The van der Waals surface area contributed by atoms with Crippen molar-refractivity contribution in [1.29, 1.82) is 0 Å². The summed E-state index contributed by atoms with van der Waals surface area (Å²) in [5, 5.41) is 0. The smallest absolute Gasteiger partial charge is 0.293 e. The molecule has 2 aromatic rings. The van der Waals surface area contributed by atoms with Crippen molar-refractivity contribution in [3.63, 3.8) is 0 Å². The number of anilines is 1. The molecule has 88 valence electrons. The largest absolute Gasteiger partial charge is 0.456 e. The van der Waals surface area contributed by atoms with Gasteiger partial charge in [-0.25, -0.2) is 0 Å². The molecule has 0 saturated heterocycles. The van der Waals surface area contributed by atoms with Gasteiger partial charge in [0, 0.05) is 12.2 Å². The van der Waals surface area contributed by atoms with E-state index in [0.29, 0.717) is 12.3 Å². The van der Waals surface area contributed by atoms with Gasteiger partial charge in [0.25, 0.3) is 5.91 Å². The Morgan fingerprint density at radius 2 is 1.88 bits per heavy atom. The zero-order valence-electron chi connectivity index (χ0n) is 10.0. The topological polar surface area (TPSA) is 33.5 Å². The van der Waals surface area contributed by atoms with Crippen LogP contribution in [0.4, 0.5) is 5.69 Å². The van der Waals surface area contributed by atoms with Gasteiger partial charge < -0.3 is 9.32 Å². The maximum Gasteiger partial charge on any atom is 0.293 e. The van der Waals surface area contributed by atoms with Crippen LogP contribution < -0.4 is 4.90 Å². The van der Waals surface area contributed by atoms with E-state index < -0.39 is 0 Å². The molecular weight excluding hydrogens is 214 g/mol. The first kappa shape index (κ1) is 11.5. The van der Waals surface area contributed by atoms with Crippen LogP contribution in [0.25, 0.3) is 0 Å². The van der Waals surface area contributed by atoms with E-state index in [1.807, 2.05) is 44.2 Å². The van der Waals surface area contributed by atoms with Gasteiger partial charge in [-0.15, -0.1) is 0 Å². The van der Waals surface area contributed by atoms with Crippen molar-refractivity contribution < 1.29 is 9.21 Å². The van der Waals surface area contributed by atoms with Crippen LogP contribution in [0.15, 0.2) is 46.9 Å². The van der Waals surface area contributed by atoms with Crippen LogP contribution in [0.1, 0.15) is 23.2 Å². The van der Waals surface area contributed by atoms with Crippen molar-refractivity contribution in [3.8, 4) is 0 Å². The van der Waals surface area contributed by atoms with Gasteiger partial charge in [0.15, 0.2) is 5.76 Å². The Morgan fingerprint density at radius 3 is 2.41 bits per heavy atom. The fourth-order valence-electron chi connectivity index (χ4n) is 1.73. The molecule has 1 aromatic carbocycles. The number of amides is 1. The standard InChI is InChI=1S/C14H15NO2/c1-3-15(12-7-5-4-6-8-12)14(16)13-10-9-11(2)17-13/h4-10H,3H2,1-2H3. The van der Waals surface area contributed by atoms with Crippen molar-refractivity contribution in [2.24, 2.45) is 0 Å². The summed E-state index contributed by atoms with van der Waals surface area (Å²) in [6.07, 6.45) is 0. The van der Waals surface area contributed by atoms with Gasteiger partial charge in [-0.1, -0.05) is 18.2 Å². The van der Waals surface area contributed by atoms with Crippen molar-refractivity contribution in [2.45, 2.75) is 13.8 Å². The third-order valence-corrected chi connectivity index (χ3v) is 2.58. The zero-order valence-corrected chi connectivity index (χ0v) is 10.0. The van der Waals surface area contributed by atoms with E-state index in [1.165, 1.54) is 0 Å². The molecule has 1 heterocycles. The molecule has 0 N–H and O–H groups in total. The summed E-state index contributed by atoms with van der Waals surface area (Å²) < 4.78 is 5.36. The highest BCUT2D eigenvalue weighted by Crippen LogP contribution is 2.17. The summed E-state index contributed by atoms with van der Waals surface area (Å²) in [6, 6.07) is 13.1. The van der Waals surface area contributed by atoms with E-state index >= 15 is 0 Å². The molecule has 0 fully saturated rings. The van der Waals surface area contributed by atoms with Crippen LogP contribution >= 0.6 is 0 Å². The number of furan rings is 1. The molecule has 3 heteroatoms. The minimum absolute atomic E-state index is 0.105. The maximum absolute atomic E-state index is 12.2. The van der Waals surface area contributed by atoms with Crippen LogP contribution in [0.3, 0.4) is 0 Å². The summed E-state index contributed by atoms with van der Waals surface area (Å²) in [7, 11) is 0. The second-order valence-electron chi connectivity index (χ2n) is 3.80. The average Bonchev–Trinajstić information content (AvgIpc) is 2.78. The lowest BCUT2D eigenvalue weighted by molar-refractivity contribution is 0.0960. The molecule has 0 atom stereocenters. The van der Waals surface area contributed by atoms with Crippen molar-refractivity contribution in [1.82, 2.24) is 0 Å². The summed E-state index contributed by atoms with van der Waals surface area (Å²) in [5.74, 6) is 1.03. The van der Waals surface area contributed by atoms with Crippen molar-refractivity contribution in [2.75, 3.05) is 11.4 Å². The third kappa shape index (κ3) is 2.38. The fraction of sp³-hybridized carbons (Fsp3) is 0.214. The molecule has 0 unspecified atom stereocenters. The summed E-state index contributed by atoms with van der Waals surface area (Å²) >= 11 is 0. The highest BCUT2D eigenvalue weighted by Gasteiger charge is 2.18. The Morgan fingerprint density at radius 1 is 1.18 bits per heavy atom. The van der Waals surface area contributed by atoms with Gasteiger partial charge in [0.2, 0.25) is 0 Å². The molecule has 0 aliphatic carbocycles. The highest BCUT2D eigenvalue weighted by molar-refractivity contribution is 6.04. The van der Waals surface area contributed by atoms with Gasteiger partial charge in [-0.3, -0.25) is 4.79 Å². The molecule has 2 rings (SSSR count). The first-order chi connectivity index (χ1) is 8.22. The first-order valence-electron chi connectivity index (χ1n) is 5.65. The first-order valence-corrected chi connectivity index (χ1v) is 5.65. The van der Waals surface area contributed by atoms with Crippen molar-refractivity contribution >= 4 is 11.6 Å². The average molecular weight is 229 g/mol. The second-order valence-corrected chi connectivity index (χ2v) is 3.80. The Balaban J connectivity index is 2.28. The van der Waals surface area contributed by atoms with E-state index in [9.17, 15) is 4.79 Å². The van der Waals surface area contributed by atoms with Gasteiger partial charge in [-0.2, -0.15) is 0 Å². The normalized spacial score (nSPS) is 10.2. The Bertz CT molecular complexity index is 502. The van der Waals surface area contributed by atoms with E-state index in [2.05, 4.69) is 0 Å². The number of hydrogen-bond donors (Lipinski definition) is 0. The molecule has 0 spiro atoms. The highest BCUT2D eigenvalue weighted by atomic mass is 16.3. The van der Waals surface area contributed by atoms with Gasteiger partial charge in [0.05, 0.1) is 0 Å². The SMILES string of the molecule is CCN(C(=O)c1ccc(C)o1)c1ccccc1. The van der Waals surface area contributed by atoms with Gasteiger partial charge >= 0.3 is 0 Å². The third-order valence-electron chi connectivity index (χ3n) is 2.58. The number of para-hydroxylation sites is 1. The van der Waals surface area contributed by atoms with E-state index in [-0.39, 0.29) is 5.91 Å². The van der Waals surface area contributed by atoms with E-state index in [0.717, 1.165) is 11.4 Å². The van der Waals surface area contributed by atoms with Gasteiger partial charge in [0.1, 0.15) is 5.76 Å². The predicted octanol–water partition coefficient (Wildman–Crippen LogP) is 3.25. The van der Waals surface area contributed by atoms with Crippen molar-refractivity contribution in [3.05, 3.63) is 54.0 Å². The minimum Gasteiger partial charge on any atom is -0.456 e. The molecular formula is C14H15NO2. The van der Waals surface area contributed by atoms with Crippen LogP contribution in [0, 0.1) is 6.92 Å². The summed E-state index contributed by atoms with van der Waals surface area (Å²) in [5.41, 5.74) is 0.883. The van der Waals surface area contributed by atoms with Crippen LogP contribution in [0.5, 0.6) is 0 Å². The number of rotatable bonds is 3. The number of carbonyl (C=O) groups is 1. The number of aryl methyl sites for hydroxylation is 1. The molecule has 0 aliphatic heterocycles. The number of nitrogens with zero attached hydrogens (tertiary/aromatic N) is 1. The van der Waals surface area contributed by atoms with Crippen LogP contribution in [-0.2, 0) is 0 Å². The summed E-state index contributed by atoms with van der Waals surface area (Å²) in [4.78, 5) is 13.9. The number of benzene rings is 1. The maximum atomic E-state index is 12.2. The van der Waals surface area contributed by atoms with Gasteiger partial charge in [-0.05, 0) is 38.1 Å². The lowest BCUT2D eigenvalue weighted by Crippen LogP contribution is -2.30. The Labute approximate surface area is 101 Å². The molecule has 0 radical (unpaired) electrons. The quantitative estimate of drug-likeness (QED) is 0.809. The second kappa shape index (κ2) is 4.87. The minimum atomic E-state index is -0.105. The van der Waals surface area contributed by atoms with Crippen LogP contribution in [0.2, 0.25) is 0 Å². The lowest BCUT2D eigenvalue weighted by Gasteiger charge is -2.19. The lowest BCUT2D eigenvalue weighted by atomic mass is 10.2. The molecule has 0 bridgehead atoms. The van der Waals surface area contributed by atoms with E-state index in [4.69, 9.17) is 4.42 Å². The zero-order chi connectivity index (χ0) is 12.3. The Hall–Kier alpha value is -2.03. The summed E-state index contributed by atoms with van der Waals surface area (Å²) in [6.45, 7) is 4.39. The number of hydrogen-bond acceptors (Lipinski definition) is 2. The predicted molar refractivity (Wildman–Crippen MR) is 67.2 cm³/mol. The molecule has 0 aliphatic rings. The Kier molecular flexibility index (Phi) is 3.28. The molecule has 1 aromatic heterocycles. The molecule has 1 amide bonds.